The van der Waals surface area contributed by atoms with Gasteiger partial charge >= 0.3 is 5.97 Å². The maximum Gasteiger partial charge on any atom is 0.308 e. The molecule has 1 aromatic carbocycles. The quantitative estimate of drug-likeness (QED) is 0.441. The minimum Gasteiger partial charge on any atom is -0.469 e. The van der Waals surface area contributed by atoms with Gasteiger partial charge in [0.25, 0.3) is 0 Å². The molecule has 0 heterocycles. The van der Waals surface area contributed by atoms with Crippen LogP contribution in [0.25, 0.3) is 0 Å². The number of isocyanates is 1. The third-order valence-corrected chi connectivity index (χ3v) is 2.26. The van der Waals surface area contributed by atoms with Crippen LogP contribution in [0.15, 0.2) is 29.3 Å². The highest BCUT2D eigenvalue weighted by atomic mass is 16.5. The fourth-order valence-electron chi connectivity index (χ4n) is 1.33. The summed E-state index contributed by atoms with van der Waals surface area (Å²) in [6.07, 6.45) is 1.53. The summed E-state index contributed by atoms with van der Waals surface area (Å²) in [4.78, 5) is 25.0. The first-order valence-corrected chi connectivity index (χ1v) is 4.87. The highest BCUT2D eigenvalue weighted by Crippen LogP contribution is 2.21. The standard InChI is InChI=1S/C12H13NO3/c1-9-3-5-10(6-4-9)11(13-8-14)7-12(15)16-2/h3-6,11H,7H2,1-2H3/t11-/m1/s1. The van der Waals surface area contributed by atoms with Gasteiger partial charge in [0.1, 0.15) is 0 Å². The molecule has 0 N–H and O–H groups in total. The van der Waals surface area contributed by atoms with Gasteiger partial charge in [-0.15, -0.1) is 0 Å². The Balaban J connectivity index is 2.89. The maximum absolute atomic E-state index is 11.1. The van der Waals surface area contributed by atoms with Crippen molar-refractivity contribution in [2.45, 2.75) is 19.4 Å². The van der Waals surface area contributed by atoms with Crippen LogP contribution in [0.4, 0.5) is 0 Å². The summed E-state index contributed by atoms with van der Waals surface area (Å²) in [6, 6.07) is 6.97. The van der Waals surface area contributed by atoms with E-state index >= 15 is 0 Å². The van der Waals surface area contributed by atoms with Crippen molar-refractivity contribution in [3.05, 3.63) is 35.4 Å². The molecule has 0 spiro atoms. The molecule has 0 aliphatic heterocycles. The van der Waals surface area contributed by atoms with Gasteiger partial charge in [0.2, 0.25) is 6.08 Å². The summed E-state index contributed by atoms with van der Waals surface area (Å²) in [7, 11) is 1.30. The molecule has 0 aliphatic carbocycles. The maximum atomic E-state index is 11.1. The third kappa shape index (κ3) is 3.33. The van der Waals surface area contributed by atoms with Crippen molar-refractivity contribution in [2.24, 2.45) is 4.99 Å². The molecular weight excluding hydrogens is 206 g/mol. The molecule has 4 heteroatoms. The molecule has 1 rings (SSSR count). The second-order valence-corrected chi connectivity index (χ2v) is 3.43. The number of esters is 1. The van der Waals surface area contributed by atoms with Gasteiger partial charge in [0.05, 0.1) is 19.6 Å². The first kappa shape index (κ1) is 12.1. The smallest absolute Gasteiger partial charge is 0.308 e. The SMILES string of the molecule is COC(=O)C[C@@H](N=C=O)c1ccc(C)cc1. The van der Waals surface area contributed by atoms with Crippen molar-refractivity contribution < 1.29 is 14.3 Å². The largest absolute Gasteiger partial charge is 0.469 e. The zero-order valence-corrected chi connectivity index (χ0v) is 9.27. The second-order valence-electron chi connectivity index (χ2n) is 3.43. The normalized spacial score (nSPS) is 11.4. The molecule has 0 aliphatic rings. The predicted molar refractivity (Wildman–Crippen MR) is 58.7 cm³/mol. The van der Waals surface area contributed by atoms with Crippen LogP contribution in [0.2, 0.25) is 0 Å². The number of carbonyl (C=O) groups is 1. The number of benzene rings is 1. The Bertz CT molecular complexity index is 405. The molecule has 0 fully saturated rings. The van der Waals surface area contributed by atoms with Crippen molar-refractivity contribution in [1.29, 1.82) is 0 Å². The van der Waals surface area contributed by atoms with Crippen LogP contribution in [0.1, 0.15) is 23.6 Å². The van der Waals surface area contributed by atoms with E-state index in [2.05, 4.69) is 9.73 Å². The lowest BCUT2D eigenvalue weighted by atomic mass is 10.0. The number of hydrogen-bond acceptors (Lipinski definition) is 4. The Morgan fingerprint density at radius 2 is 2.06 bits per heavy atom. The fourth-order valence-corrected chi connectivity index (χ4v) is 1.33. The van der Waals surface area contributed by atoms with E-state index in [9.17, 15) is 9.59 Å². The topological polar surface area (TPSA) is 55.7 Å². The van der Waals surface area contributed by atoms with Crippen LogP contribution in [0.5, 0.6) is 0 Å². The molecule has 0 saturated heterocycles. The lowest BCUT2D eigenvalue weighted by Crippen LogP contribution is -2.07. The highest BCUT2D eigenvalue weighted by molar-refractivity contribution is 5.70. The van der Waals surface area contributed by atoms with Gasteiger partial charge in [-0.05, 0) is 12.5 Å². The van der Waals surface area contributed by atoms with E-state index in [-0.39, 0.29) is 6.42 Å². The molecule has 0 unspecified atom stereocenters. The number of carbonyl (C=O) groups excluding carboxylic acids is 2. The first-order chi connectivity index (χ1) is 7.67. The van der Waals surface area contributed by atoms with E-state index in [1.807, 2.05) is 31.2 Å². The van der Waals surface area contributed by atoms with E-state index in [0.717, 1.165) is 11.1 Å². The molecule has 0 radical (unpaired) electrons. The fraction of sp³-hybridized carbons (Fsp3) is 0.333. The summed E-state index contributed by atoms with van der Waals surface area (Å²) < 4.78 is 4.54. The molecule has 0 bridgehead atoms. The van der Waals surface area contributed by atoms with Crippen LogP contribution < -0.4 is 0 Å². The number of methoxy groups -OCH3 is 1. The minimum absolute atomic E-state index is 0.0504. The van der Waals surface area contributed by atoms with Crippen LogP contribution in [0.3, 0.4) is 0 Å². The molecule has 0 saturated carbocycles. The van der Waals surface area contributed by atoms with Gasteiger partial charge in [-0.3, -0.25) is 4.79 Å². The molecule has 0 amide bonds. The van der Waals surface area contributed by atoms with Crippen molar-refractivity contribution in [3.63, 3.8) is 0 Å². The van der Waals surface area contributed by atoms with Gasteiger partial charge in [-0.1, -0.05) is 29.8 Å². The Kier molecular flexibility index (Phi) is 4.42. The summed E-state index contributed by atoms with van der Waals surface area (Å²) in [6.45, 7) is 1.96. The Morgan fingerprint density at radius 1 is 1.44 bits per heavy atom. The van der Waals surface area contributed by atoms with Crippen molar-refractivity contribution >= 4 is 12.0 Å². The number of aryl methyl sites for hydroxylation is 1. The Morgan fingerprint density at radius 3 is 2.56 bits per heavy atom. The van der Waals surface area contributed by atoms with Gasteiger partial charge in [-0.2, -0.15) is 4.99 Å². The first-order valence-electron chi connectivity index (χ1n) is 4.87. The van der Waals surface area contributed by atoms with Gasteiger partial charge in [0.15, 0.2) is 0 Å². The molecule has 1 aromatic rings. The Hall–Kier alpha value is -1.93. The summed E-state index contributed by atoms with van der Waals surface area (Å²) >= 11 is 0. The Labute approximate surface area is 94.0 Å². The van der Waals surface area contributed by atoms with E-state index < -0.39 is 12.0 Å². The highest BCUT2D eigenvalue weighted by Gasteiger charge is 2.15. The molecule has 0 aromatic heterocycles. The third-order valence-electron chi connectivity index (χ3n) is 2.26. The number of aliphatic imine (C=N–C) groups is 1. The average Bonchev–Trinajstić information content (AvgIpc) is 2.29. The zero-order valence-electron chi connectivity index (χ0n) is 9.27. The van der Waals surface area contributed by atoms with Gasteiger partial charge < -0.3 is 4.74 Å². The summed E-state index contributed by atoms with van der Waals surface area (Å²) in [5, 5.41) is 0. The molecule has 84 valence electrons. The number of ether oxygens (including phenoxy) is 1. The molecule has 16 heavy (non-hydrogen) atoms. The van der Waals surface area contributed by atoms with Crippen LogP contribution >= 0.6 is 0 Å². The minimum atomic E-state index is -0.509. The van der Waals surface area contributed by atoms with E-state index in [0.29, 0.717) is 0 Å². The lowest BCUT2D eigenvalue weighted by Gasteiger charge is -2.09. The monoisotopic (exact) mass is 219 g/mol. The van der Waals surface area contributed by atoms with E-state index in [1.54, 1.807) is 0 Å². The molecule has 1 atom stereocenters. The summed E-state index contributed by atoms with van der Waals surface area (Å²) in [5.74, 6) is -0.399. The number of rotatable bonds is 4. The van der Waals surface area contributed by atoms with Crippen molar-refractivity contribution in [2.75, 3.05) is 7.11 Å². The van der Waals surface area contributed by atoms with Crippen LogP contribution in [-0.4, -0.2) is 19.2 Å². The molecule has 4 nitrogen and oxygen atoms in total. The van der Waals surface area contributed by atoms with Crippen LogP contribution in [0, 0.1) is 6.92 Å². The predicted octanol–water partition coefficient (Wildman–Crippen LogP) is 1.94. The van der Waals surface area contributed by atoms with E-state index in [1.165, 1.54) is 13.2 Å². The number of hydrogen-bond donors (Lipinski definition) is 0. The van der Waals surface area contributed by atoms with Crippen molar-refractivity contribution in [3.8, 4) is 0 Å². The second kappa shape index (κ2) is 5.83. The van der Waals surface area contributed by atoms with Crippen LogP contribution in [-0.2, 0) is 14.3 Å². The molecular formula is C12H13NO3. The lowest BCUT2D eigenvalue weighted by molar-refractivity contribution is -0.141. The number of nitrogens with zero attached hydrogens (tertiary/aromatic N) is 1. The van der Waals surface area contributed by atoms with Gasteiger partial charge in [0, 0.05) is 0 Å². The van der Waals surface area contributed by atoms with Crippen molar-refractivity contribution in [1.82, 2.24) is 0 Å². The average molecular weight is 219 g/mol. The summed E-state index contributed by atoms with van der Waals surface area (Å²) in [5.41, 5.74) is 1.91. The van der Waals surface area contributed by atoms with E-state index in [4.69, 9.17) is 0 Å². The zero-order chi connectivity index (χ0) is 12.0. The van der Waals surface area contributed by atoms with Gasteiger partial charge in [-0.25, -0.2) is 4.79 Å².